The summed E-state index contributed by atoms with van der Waals surface area (Å²) in [7, 11) is -3.57. The van der Waals surface area contributed by atoms with Gasteiger partial charge in [0.15, 0.2) is 0 Å². The fourth-order valence-electron chi connectivity index (χ4n) is 1.32. The number of hydrogen-bond donors (Lipinski definition) is 0. The summed E-state index contributed by atoms with van der Waals surface area (Å²) >= 11 is 0. The maximum atomic E-state index is 11.2. The standard InChI is InChI=1S/C7H11NO3S/c1-4-12(10,11)8-6(9)5-7(8,2)3/h4H,1,5H2,2-3H3. The van der Waals surface area contributed by atoms with Gasteiger partial charge in [0.1, 0.15) is 0 Å². The lowest BCUT2D eigenvalue weighted by Crippen LogP contribution is -2.61. The molecule has 1 aliphatic rings. The second kappa shape index (κ2) is 2.32. The van der Waals surface area contributed by atoms with Crippen LogP contribution >= 0.6 is 0 Å². The van der Waals surface area contributed by atoms with Crippen molar-refractivity contribution < 1.29 is 13.2 Å². The first-order chi connectivity index (χ1) is 5.31. The van der Waals surface area contributed by atoms with Crippen LogP contribution in [-0.4, -0.2) is 24.2 Å². The number of carbonyl (C=O) groups excluding carboxylic acids is 1. The van der Waals surface area contributed by atoms with E-state index in [2.05, 4.69) is 6.58 Å². The van der Waals surface area contributed by atoms with Crippen molar-refractivity contribution in [2.45, 2.75) is 25.8 Å². The van der Waals surface area contributed by atoms with Crippen LogP contribution in [0.5, 0.6) is 0 Å². The molecule has 1 aliphatic heterocycles. The molecule has 5 heteroatoms. The lowest BCUT2D eigenvalue weighted by atomic mass is 9.92. The van der Waals surface area contributed by atoms with E-state index in [-0.39, 0.29) is 12.3 Å². The monoisotopic (exact) mass is 189 g/mol. The van der Waals surface area contributed by atoms with Crippen molar-refractivity contribution in [3.8, 4) is 0 Å². The second-order valence-corrected chi connectivity index (χ2v) is 5.09. The Balaban J connectivity index is 3.05. The number of sulfonamides is 1. The largest absolute Gasteiger partial charge is 0.274 e. The Hall–Kier alpha value is -0.840. The Morgan fingerprint density at radius 3 is 2.25 bits per heavy atom. The molecule has 0 aromatic rings. The highest BCUT2D eigenvalue weighted by atomic mass is 32.2. The molecule has 0 atom stereocenters. The van der Waals surface area contributed by atoms with Gasteiger partial charge in [0.25, 0.3) is 10.0 Å². The van der Waals surface area contributed by atoms with Gasteiger partial charge in [0.05, 0.1) is 12.0 Å². The molecule has 0 aromatic heterocycles. The first-order valence-electron chi connectivity index (χ1n) is 3.52. The zero-order valence-electron chi connectivity index (χ0n) is 7.07. The molecule has 68 valence electrons. The van der Waals surface area contributed by atoms with E-state index in [1.165, 1.54) is 0 Å². The Morgan fingerprint density at radius 2 is 2.08 bits per heavy atom. The summed E-state index contributed by atoms with van der Waals surface area (Å²) in [6.07, 6.45) is 0.278. The van der Waals surface area contributed by atoms with Gasteiger partial charge in [-0.3, -0.25) is 4.79 Å². The van der Waals surface area contributed by atoms with Crippen molar-refractivity contribution in [3.05, 3.63) is 12.0 Å². The first kappa shape index (κ1) is 9.25. The zero-order valence-corrected chi connectivity index (χ0v) is 7.89. The molecule has 0 aliphatic carbocycles. The Kier molecular flexibility index (Phi) is 1.79. The van der Waals surface area contributed by atoms with Crippen LogP contribution in [0.2, 0.25) is 0 Å². The minimum absolute atomic E-state index is 0.278. The van der Waals surface area contributed by atoms with Gasteiger partial charge >= 0.3 is 0 Å². The highest BCUT2D eigenvalue weighted by Crippen LogP contribution is 2.34. The van der Waals surface area contributed by atoms with Gasteiger partial charge in [0.2, 0.25) is 5.91 Å². The van der Waals surface area contributed by atoms with Crippen LogP contribution in [-0.2, 0) is 14.8 Å². The molecule has 1 amide bonds. The van der Waals surface area contributed by atoms with E-state index < -0.39 is 15.6 Å². The molecule has 1 fully saturated rings. The molecule has 0 spiro atoms. The summed E-state index contributed by atoms with van der Waals surface area (Å²) < 4.78 is 23.3. The number of hydrogen-bond acceptors (Lipinski definition) is 3. The average Bonchev–Trinajstić information content (AvgIpc) is 1.84. The third-order valence-electron chi connectivity index (χ3n) is 1.83. The number of nitrogens with zero attached hydrogens (tertiary/aromatic N) is 1. The van der Waals surface area contributed by atoms with E-state index in [1.807, 2.05) is 0 Å². The third kappa shape index (κ3) is 1.14. The molecule has 1 heterocycles. The molecule has 0 radical (unpaired) electrons. The van der Waals surface area contributed by atoms with Gasteiger partial charge in [-0.05, 0) is 13.8 Å². The van der Waals surface area contributed by atoms with Crippen LogP contribution in [0, 0.1) is 0 Å². The summed E-state index contributed by atoms with van der Waals surface area (Å²) in [6, 6.07) is 0. The zero-order chi connectivity index (χ0) is 9.57. The molecular weight excluding hydrogens is 178 g/mol. The van der Waals surface area contributed by atoms with E-state index in [0.717, 1.165) is 9.71 Å². The Bertz CT molecular complexity index is 329. The Labute approximate surface area is 71.9 Å². The smallest absolute Gasteiger partial charge is 0.259 e. The fourth-order valence-corrected chi connectivity index (χ4v) is 2.57. The molecule has 0 saturated carbocycles. The lowest BCUT2D eigenvalue weighted by Gasteiger charge is -2.45. The van der Waals surface area contributed by atoms with Crippen molar-refractivity contribution in [2.24, 2.45) is 0 Å². The van der Waals surface area contributed by atoms with Crippen LogP contribution in [0.25, 0.3) is 0 Å². The van der Waals surface area contributed by atoms with Crippen molar-refractivity contribution >= 4 is 15.9 Å². The summed E-state index contributed by atoms with van der Waals surface area (Å²) in [6.45, 7) is 6.56. The maximum absolute atomic E-state index is 11.2. The molecule has 1 saturated heterocycles. The van der Waals surface area contributed by atoms with Crippen molar-refractivity contribution in [3.63, 3.8) is 0 Å². The fraction of sp³-hybridized carbons (Fsp3) is 0.571. The lowest BCUT2D eigenvalue weighted by molar-refractivity contribution is -0.142. The maximum Gasteiger partial charge on any atom is 0.259 e. The van der Waals surface area contributed by atoms with E-state index in [4.69, 9.17) is 0 Å². The normalized spacial score (nSPS) is 21.8. The summed E-state index contributed by atoms with van der Waals surface area (Å²) in [5, 5.41) is 0.797. The third-order valence-corrected chi connectivity index (χ3v) is 3.45. The van der Waals surface area contributed by atoms with Gasteiger partial charge in [-0.2, -0.15) is 0 Å². The van der Waals surface area contributed by atoms with E-state index in [1.54, 1.807) is 13.8 Å². The van der Waals surface area contributed by atoms with E-state index >= 15 is 0 Å². The number of rotatable bonds is 2. The Morgan fingerprint density at radius 1 is 1.58 bits per heavy atom. The van der Waals surface area contributed by atoms with Gasteiger partial charge in [0, 0.05) is 5.41 Å². The van der Waals surface area contributed by atoms with E-state index in [9.17, 15) is 13.2 Å². The molecular formula is C7H11NO3S. The minimum atomic E-state index is -3.57. The van der Waals surface area contributed by atoms with Crippen LogP contribution in [0.4, 0.5) is 0 Å². The molecule has 0 aromatic carbocycles. The molecule has 0 bridgehead atoms. The second-order valence-electron chi connectivity index (χ2n) is 3.36. The van der Waals surface area contributed by atoms with Gasteiger partial charge in [-0.15, -0.1) is 0 Å². The molecule has 12 heavy (non-hydrogen) atoms. The number of β-lactam (4-membered cyclic amide) rings is 1. The first-order valence-corrected chi connectivity index (χ1v) is 5.02. The molecule has 0 unspecified atom stereocenters. The quantitative estimate of drug-likeness (QED) is 0.593. The summed E-state index contributed by atoms with van der Waals surface area (Å²) in [5.74, 6) is -0.361. The predicted octanol–water partition coefficient (Wildman–Crippen LogP) is 0.471. The van der Waals surface area contributed by atoms with Crippen LogP contribution in [0.1, 0.15) is 20.3 Å². The van der Waals surface area contributed by atoms with Crippen molar-refractivity contribution in [2.75, 3.05) is 0 Å². The highest BCUT2D eigenvalue weighted by Gasteiger charge is 2.49. The van der Waals surface area contributed by atoms with Crippen LogP contribution in [0.3, 0.4) is 0 Å². The molecule has 1 rings (SSSR count). The van der Waals surface area contributed by atoms with Gasteiger partial charge < -0.3 is 0 Å². The molecule has 0 N–H and O–H groups in total. The van der Waals surface area contributed by atoms with Crippen LogP contribution < -0.4 is 0 Å². The molecule has 4 nitrogen and oxygen atoms in total. The van der Waals surface area contributed by atoms with Crippen LogP contribution in [0.15, 0.2) is 12.0 Å². The highest BCUT2D eigenvalue weighted by molar-refractivity contribution is 7.92. The van der Waals surface area contributed by atoms with Gasteiger partial charge in [-0.25, -0.2) is 12.7 Å². The SMILES string of the molecule is C=CS(=O)(=O)N1C(=O)CC1(C)C. The summed E-state index contributed by atoms with van der Waals surface area (Å²) in [4.78, 5) is 11.0. The van der Waals surface area contributed by atoms with Crippen molar-refractivity contribution in [1.29, 1.82) is 0 Å². The average molecular weight is 189 g/mol. The van der Waals surface area contributed by atoms with Gasteiger partial charge in [-0.1, -0.05) is 6.58 Å². The predicted molar refractivity (Wildman–Crippen MR) is 44.7 cm³/mol. The number of carbonyl (C=O) groups is 1. The summed E-state index contributed by atoms with van der Waals surface area (Å²) in [5.41, 5.74) is -0.579. The topological polar surface area (TPSA) is 54.5 Å². The minimum Gasteiger partial charge on any atom is -0.274 e. The van der Waals surface area contributed by atoms with Crippen molar-refractivity contribution in [1.82, 2.24) is 4.31 Å². The van der Waals surface area contributed by atoms with E-state index in [0.29, 0.717) is 0 Å². The number of amides is 1.